The summed E-state index contributed by atoms with van der Waals surface area (Å²) in [5, 5.41) is 0.686. The van der Waals surface area contributed by atoms with E-state index in [-0.39, 0.29) is 5.97 Å². The number of carbonyl (C=O) groups is 1. The van der Waals surface area contributed by atoms with Crippen LogP contribution in [0.3, 0.4) is 0 Å². The minimum absolute atomic E-state index is 0.224. The van der Waals surface area contributed by atoms with Crippen LogP contribution in [0.2, 0.25) is 14.0 Å². The molecule has 0 unspecified atom stereocenters. The molecule has 0 N–H and O–H groups in total. The number of hydrogen-bond acceptors (Lipinski definition) is 2. The maximum atomic E-state index is 11.0. The van der Waals surface area contributed by atoms with E-state index in [9.17, 15) is 4.79 Å². The van der Waals surface area contributed by atoms with Gasteiger partial charge in [0.2, 0.25) is 0 Å². The van der Waals surface area contributed by atoms with Gasteiger partial charge in [-0.3, -0.25) is 0 Å². The fraction of sp³-hybridized carbons (Fsp3) is 0.300. The van der Waals surface area contributed by atoms with Crippen molar-refractivity contribution < 1.29 is 7.48 Å². The van der Waals surface area contributed by atoms with E-state index in [2.05, 4.69) is 15.9 Å². The van der Waals surface area contributed by atoms with E-state index in [0.29, 0.717) is 5.02 Å². The summed E-state index contributed by atoms with van der Waals surface area (Å²) >= 11 is 6.36. The molecular formula is C10H12BrClO2Pb. The van der Waals surface area contributed by atoms with Crippen molar-refractivity contribution in [2.75, 3.05) is 0 Å². The SMILES string of the molecule is CC(=O)[O][Pb]([CH3])([CH3])[c]1cc(Br)ccc1Cl. The summed E-state index contributed by atoms with van der Waals surface area (Å²) < 4.78 is 11.5. The molecular weight excluding hydrogens is 475 g/mol. The van der Waals surface area contributed by atoms with E-state index >= 15 is 0 Å². The number of hydrogen-bond donors (Lipinski definition) is 0. The molecule has 1 rings (SSSR count). The summed E-state index contributed by atoms with van der Waals surface area (Å²) in [7, 11) is 0. The predicted octanol–water partition coefficient (Wildman–Crippen LogP) is 3.08. The Hall–Kier alpha value is 0.382. The van der Waals surface area contributed by atoms with Gasteiger partial charge in [0.05, 0.1) is 0 Å². The van der Waals surface area contributed by atoms with Gasteiger partial charge < -0.3 is 0 Å². The van der Waals surface area contributed by atoms with Crippen LogP contribution in [0.4, 0.5) is 0 Å². The molecule has 0 atom stereocenters. The average molecular weight is 487 g/mol. The van der Waals surface area contributed by atoms with Crippen LogP contribution >= 0.6 is 27.5 Å². The normalized spacial score (nSPS) is 11.3. The number of halogens is 2. The quantitative estimate of drug-likeness (QED) is 0.601. The van der Waals surface area contributed by atoms with Crippen LogP contribution in [0.15, 0.2) is 22.7 Å². The Morgan fingerprint density at radius 3 is 2.60 bits per heavy atom. The molecule has 0 saturated carbocycles. The Kier molecular flexibility index (Phi) is 4.61. The van der Waals surface area contributed by atoms with Gasteiger partial charge in [0.25, 0.3) is 0 Å². The molecule has 1 aromatic carbocycles. The predicted molar refractivity (Wildman–Crippen MR) is 68.0 cm³/mol. The zero-order valence-corrected chi connectivity index (χ0v) is 15.0. The van der Waals surface area contributed by atoms with Gasteiger partial charge >= 0.3 is 109 Å². The van der Waals surface area contributed by atoms with Crippen molar-refractivity contribution in [1.82, 2.24) is 0 Å². The summed E-state index contributed by atoms with van der Waals surface area (Å²) in [5.74, 6) is -0.224. The standard InChI is InChI=1S/C6H3BrCl.C2H4O2.2CH3.Pb/c7-5-1-3-6(8)4-2-5;1-2(3)4;;;/h1-3H;1H3,(H,3,4);2*1H3;/q;;;;+1/p-1. The summed E-state index contributed by atoms with van der Waals surface area (Å²) in [5.41, 5.74) is 0. The second kappa shape index (κ2) is 5.14. The Labute approximate surface area is 108 Å². The molecule has 15 heavy (non-hydrogen) atoms. The Bertz CT molecular complexity index is 393. The molecule has 0 aliphatic heterocycles. The Morgan fingerprint density at radius 1 is 1.47 bits per heavy atom. The molecule has 0 aliphatic rings. The molecule has 1 aromatic rings. The van der Waals surface area contributed by atoms with Crippen molar-refractivity contribution in [3.05, 3.63) is 27.7 Å². The van der Waals surface area contributed by atoms with E-state index in [1.807, 2.05) is 27.2 Å². The van der Waals surface area contributed by atoms with Crippen LogP contribution < -0.4 is 3.12 Å². The molecule has 5 heteroatoms. The van der Waals surface area contributed by atoms with Crippen molar-refractivity contribution in [2.24, 2.45) is 0 Å². The third kappa shape index (κ3) is 3.71. The van der Waals surface area contributed by atoms with Crippen molar-refractivity contribution in [3.8, 4) is 0 Å². The molecule has 0 amide bonds. The number of carbonyl (C=O) groups excluding carboxylic acids is 1. The molecule has 0 heterocycles. The monoisotopic (exact) mass is 486 g/mol. The fourth-order valence-electron chi connectivity index (χ4n) is 1.37. The third-order valence-corrected chi connectivity index (χ3v) is 13.2. The first-order valence-corrected chi connectivity index (χ1v) is 17.0. The molecule has 0 fully saturated rings. The zero-order chi connectivity index (χ0) is 11.6. The van der Waals surface area contributed by atoms with E-state index in [1.54, 1.807) is 0 Å². The van der Waals surface area contributed by atoms with Gasteiger partial charge in [0, 0.05) is 0 Å². The van der Waals surface area contributed by atoms with Crippen molar-refractivity contribution >= 4 is 58.2 Å². The van der Waals surface area contributed by atoms with Crippen LogP contribution in [0.25, 0.3) is 0 Å². The third-order valence-electron chi connectivity index (χ3n) is 1.98. The van der Waals surface area contributed by atoms with Crippen LogP contribution in [-0.4, -0.2) is 27.6 Å². The molecule has 82 valence electrons. The average Bonchev–Trinajstić information content (AvgIpc) is 2.06. The fourth-order valence-corrected chi connectivity index (χ4v) is 12.4. The van der Waals surface area contributed by atoms with Crippen LogP contribution in [-0.2, 0) is 7.48 Å². The maximum absolute atomic E-state index is 11.0. The van der Waals surface area contributed by atoms with E-state index in [1.165, 1.54) is 6.92 Å². The first-order chi connectivity index (χ1) is 6.83. The minimum atomic E-state index is -3.14. The topological polar surface area (TPSA) is 26.3 Å². The van der Waals surface area contributed by atoms with Gasteiger partial charge in [-0.1, -0.05) is 0 Å². The molecule has 0 aliphatic carbocycles. The van der Waals surface area contributed by atoms with Gasteiger partial charge in [0.15, 0.2) is 0 Å². The summed E-state index contributed by atoms with van der Waals surface area (Å²) in [6.07, 6.45) is 0. The van der Waals surface area contributed by atoms with E-state index < -0.39 is 21.6 Å². The van der Waals surface area contributed by atoms with E-state index in [0.717, 1.165) is 7.60 Å². The molecule has 0 spiro atoms. The molecule has 2 nitrogen and oxygen atoms in total. The van der Waals surface area contributed by atoms with Crippen LogP contribution in [0, 0.1) is 0 Å². The van der Waals surface area contributed by atoms with E-state index in [4.69, 9.17) is 14.3 Å². The second-order valence-corrected chi connectivity index (χ2v) is 19.7. The molecule has 0 aromatic heterocycles. The summed E-state index contributed by atoms with van der Waals surface area (Å²) in [6, 6.07) is 5.66. The second-order valence-electron chi connectivity index (χ2n) is 3.73. The van der Waals surface area contributed by atoms with Gasteiger partial charge in [-0.15, -0.1) is 0 Å². The zero-order valence-electron chi connectivity index (χ0n) is 8.80. The van der Waals surface area contributed by atoms with Gasteiger partial charge in [-0.2, -0.15) is 0 Å². The van der Waals surface area contributed by atoms with Crippen molar-refractivity contribution in [2.45, 2.75) is 15.9 Å². The summed E-state index contributed by atoms with van der Waals surface area (Å²) in [6.45, 7) is 1.44. The Morgan fingerprint density at radius 2 is 2.07 bits per heavy atom. The van der Waals surface area contributed by atoms with Crippen LogP contribution in [0.5, 0.6) is 0 Å². The molecule has 0 radical (unpaired) electrons. The summed E-state index contributed by atoms with van der Waals surface area (Å²) in [4.78, 5) is 11.0. The van der Waals surface area contributed by atoms with Gasteiger partial charge in [-0.05, 0) is 0 Å². The number of rotatable bonds is 2. The van der Waals surface area contributed by atoms with Crippen molar-refractivity contribution in [1.29, 1.82) is 0 Å². The Balaban J connectivity index is 3.13. The molecule has 0 saturated heterocycles. The van der Waals surface area contributed by atoms with Gasteiger partial charge in [-0.25, -0.2) is 0 Å². The number of benzene rings is 1. The van der Waals surface area contributed by atoms with Crippen LogP contribution in [0.1, 0.15) is 6.92 Å². The molecule has 0 bridgehead atoms. The first kappa shape index (κ1) is 13.4. The van der Waals surface area contributed by atoms with Gasteiger partial charge in [0.1, 0.15) is 0 Å². The van der Waals surface area contributed by atoms with Crippen molar-refractivity contribution in [3.63, 3.8) is 0 Å². The first-order valence-electron chi connectivity index (χ1n) is 4.48.